The monoisotopic (exact) mass is 239 g/mol. The molecule has 0 heterocycles. The highest BCUT2D eigenvalue weighted by atomic mass is 16.6. The summed E-state index contributed by atoms with van der Waals surface area (Å²) in [7, 11) is 0. The van der Waals surface area contributed by atoms with Crippen molar-refractivity contribution in [2.75, 3.05) is 0 Å². The fourth-order valence-corrected chi connectivity index (χ4v) is 1.38. The quantitative estimate of drug-likeness (QED) is 0.628. The summed E-state index contributed by atoms with van der Waals surface area (Å²) in [4.78, 5) is 20.9. The maximum Gasteiger partial charge on any atom is 0.344 e. The van der Waals surface area contributed by atoms with Crippen molar-refractivity contribution in [1.82, 2.24) is 0 Å². The van der Waals surface area contributed by atoms with E-state index in [0.29, 0.717) is 17.7 Å². The molecule has 0 aromatic heterocycles. The van der Waals surface area contributed by atoms with Gasteiger partial charge in [-0.25, -0.2) is 4.79 Å². The lowest BCUT2D eigenvalue weighted by Gasteiger charge is -2.13. The van der Waals surface area contributed by atoms with Crippen LogP contribution in [0.1, 0.15) is 18.9 Å². The predicted molar refractivity (Wildman–Crippen MR) is 60.2 cm³/mol. The molecule has 0 fully saturated rings. The molecule has 1 atom stereocenters. The number of carbonyl (C=O) groups is 1. The zero-order valence-corrected chi connectivity index (χ0v) is 9.54. The van der Waals surface area contributed by atoms with Gasteiger partial charge in [-0.15, -0.1) is 0 Å². The molecule has 0 saturated heterocycles. The summed E-state index contributed by atoms with van der Waals surface area (Å²) < 4.78 is 5.22. The standard InChI is InChI=1S/C11H13NO5/c1-3-10(11(13)14)17-8-4-5-9(12(15)16)7(2)6-8/h4-6,10H,3H2,1-2H3,(H,13,14)/t10-/m0/s1. The first-order chi connectivity index (χ1) is 7.95. The molecular weight excluding hydrogens is 226 g/mol. The molecule has 0 radical (unpaired) electrons. The van der Waals surface area contributed by atoms with E-state index in [1.165, 1.54) is 18.2 Å². The Labute approximate surface area is 98.0 Å². The van der Waals surface area contributed by atoms with Gasteiger partial charge in [-0.2, -0.15) is 0 Å². The van der Waals surface area contributed by atoms with Crippen molar-refractivity contribution < 1.29 is 19.6 Å². The Hall–Kier alpha value is -2.11. The van der Waals surface area contributed by atoms with Gasteiger partial charge in [0.1, 0.15) is 5.75 Å². The third-order valence-electron chi connectivity index (χ3n) is 2.29. The van der Waals surface area contributed by atoms with E-state index in [0.717, 1.165) is 0 Å². The second-order valence-corrected chi connectivity index (χ2v) is 3.56. The smallest absolute Gasteiger partial charge is 0.344 e. The molecule has 0 aliphatic heterocycles. The number of ether oxygens (including phenoxy) is 1. The van der Waals surface area contributed by atoms with Crippen LogP contribution in [0.25, 0.3) is 0 Å². The first kappa shape index (κ1) is 13.0. The molecule has 6 nitrogen and oxygen atoms in total. The number of nitro benzene ring substituents is 1. The minimum absolute atomic E-state index is 0.0132. The SMILES string of the molecule is CC[C@H](Oc1ccc([N+](=O)[O-])c(C)c1)C(=O)O. The van der Waals surface area contributed by atoms with Gasteiger partial charge in [-0.3, -0.25) is 10.1 Å². The fraction of sp³-hybridized carbons (Fsp3) is 0.364. The molecule has 0 spiro atoms. The minimum Gasteiger partial charge on any atom is -0.479 e. The van der Waals surface area contributed by atoms with Crippen molar-refractivity contribution in [3.05, 3.63) is 33.9 Å². The Balaban J connectivity index is 2.90. The molecule has 0 saturated carbocycles. The minimum atomic E-state index is -1.05. The summed E-state index contributed by atoms with van der Waals surface area (Å²) in [5.74, 6) is -0.731. The molecule has 1 aromatic rings. The second kappa shape index (κ2) is 5.29. The lowest BCUT2D eigenvalue weighted by molar-refractivity contribution is -0.385. The van der Waals surface area contributed by atoms with Gasteiger partial charge in [0, 0.05) is 11.6 Å². The van der Waals surface area contributed by atoms with Gasteiger partial charge >= 0.3 is 5.97 Å². The summed E-state index contributed by atoms with van der Waals surface area (Å²) in [6, 6.07) is 4.17. The Morgan fingerprint density at radius 2 is 2.24 bits per heavy atom. The summed E-state index contributed by atoms with van der Waals surface area (Å²) in [6.07, 6.45) is -0.610. The molecule has 6 heteroatoms. The molecule has 1 rings (SSSR count). The number of carboxylic acids is 1. The van der Waals surface area contributed by atoms with Crippen LogP contribution in [0.3, 0.4) is 0 Å². The number of benzene rings is 1. The van der Waals surface area contributed by atoms with Crippen LogP contribution in [0.4, 0.5) is 5.69 Å². The Morgan fingerprint density at radius 3 is 2.65 bits per heavy atom. The van der Waals surface area contributed by atoms with Gasteiger partial charge in [0.15, 0.2) is 6.10 Å². The van der Waals surface area contributed by atoms with Crippen LogP contribution in [0, 0.1) is 17.0 Å². The largest absolute Gasteiger partial charge is 0.479 e. The highest BCUT2D eigenvalue weighted by molar-refractivity contribution is 5.72. The van der Waals surface area contributed by atoms with Crippen molar-refractivity contribution in [3.8, 4) is 5.75 Å². The maximum atomic E-state index is 10.8. The molecule has 0 aliphatic carbocycles. The van der Waals surface area contributed by atoms with E-state index >= 15 is 0 Å². The number of hydrogen-bond acceptors (Lipinski definition) is 4. The van der Waals surface area contributed by atoms with Crippen molar-refractivity contribution in [1.29, 1.82) is 0 Å². The van der Waals surface area contributed by atoms with E-state index in [-0.39, 0.29) is 5.69 Å². The Morgan fingerprint density at radius 1 is 1.59 bits per heavy atom. The highest BCUT2D eigenvalue weighted by Crippen LogP contribution is 2.24. The summed E-state index contributed by atoms with van der Waals surface area (Å²) in [6.45, 7) is 3.27. The van der Waals surface area contributed by atoms with Gasteiger partial charge in [0.25, 0.3) is 5.69 Å². The molecule has 1 aromatic carbocycles. The summed E-state index contributed by atoms with van der Waals surface area (Å²) >= 11 is 0. The molecular formula is C11H13NO5. The molecule has 0 aliphatic rings. The molecule has 0 unspecified atom stereocenters. The van der Waals surface area contributed by atoms with Crippen LogP contribution in [0.15, 0.2) is 18.2 Å². The van der Waals surface area contributed by atoms with Gasteiger partial charge in [-0.05, 0) is 25.5 Å². The number of hydrogen-bond donors (Lipinski definition) is 1. The number of aliphatic carboxylic acids is 1. The average Bonchev–Trinajstić information content (AvgIpc) is 2.24. The number of carboxylic acid groups (broad SMARTS) is 1. The van der Waals surface area contributed by atoms with Gasteiger partial charge in [0.05, 0.1) is 4.92 Å². The van der Waals surface area contributed by atoms with Crippen molar-refractivity contribution in [3.63, 3.8) is 0 Å². The summed E-state index contributed by atoms with van der Waals surface area (Å²) in [5.41, 5.74) is 0.425. The number of nitrogens with zero attached hydrogens (tertiary/aromatic N) is 1. The van der Waals surface area contributed by atoms with Crippen LogP contribution in [-0.2, 0) is 4.79 Å². The number of nitro groups is 1. The lowest BCUT2D eigenvalue weighted by Crippen LogP contribution is -2.25. The first-order valence-corrected chi connectivity index (χ1v) is 5.10. The molecule has 1 N–H and O–H groups in total. The van der Waals surface area contributed by atoms with Crippen molar-refractivity contribution in [2.45, 2.75) is 26.4 Å². The molecule has 0 amide bonds. The van der Waals surface area contributed by atoms with Crippen LogP contribution in [0.2, 0.25) is 0 Å². The predicted octanol–water partition coefficient (Wildman–Crippen LogP) is 2.15. The number of aryl methyl sites for hydroxylation is 1. The van der Waals surface area contributed by atoms with Crippen LogP contribution in [0.5, 0.6) is 5.75 Å². The molecule has 92 valence electrons. The molecule has 17 heavy (non-hydrogen) atoms. The van der Waals surface area contributed by atoms with Crippen molar-refractivity contribution in [2.24, 2.45) is 0 Å². The van der Waals surface area contributed by atoms with Crippen molar-refractivity contribution >= 4 is 11.7 Å². The second-order valence-electron chi connectivity index (χ2n) is 3.56. The Bertz CT molecular complexity index is 443. The van der Waals surface area contributed by atoms with E-state index in [9.17, 15) is 14.9 Å². The molecule has 0 bridgehead atoms. The van der Waals surface area contributed by atoms with Crippen LogP contribution >= 0.6 is 0 Å². The summed E-state index contributed by atoms with van der Waals surface area (Å²) in [5, 5.41) is 19.4. The van der Waals surface area contributed by atoms with E-state index < -0.39 is 17.0 Å². The van der Waals surface area contributed by atoms with Gasteiger partial charge in [-0.1, -0.05) is 6.92 Å². The van der Waals surface area contributed by atoms with Gasteiger partial charge in [0.2, 0.25) is 0 Å². The zero-order chi connectivity index (χ0) is 13.0. The maximum absolute atomic E-state index is 10.8. The topological polar surface area (TPSA) is 89.7 Å². The van der Waals surface area contributed by atoms with E-state index in [2.05, 4.69) is 0 Å². The lowest BCUT2D eigenvalue weighted by atomic mass is 10.2. The number of rotatable bonds is 5. The average molecular weight is 239 g/mol. The fourth-order valence-electron chi connectivity index (χ4n) is 1.38. The highest BCUT2D eigenvalue weighted by Gasteiger charge is 2.18. The van der Waals surface area contributed by atoms with Crippen LogP contribution < -0.4 is 4.74 Å². The van der Waals surface area contributed by atoms with E-state index in [1.54, 1.807) is 13.8 Å². The van der Waals surface area contributed by atoms with E-state index in [1.807, 2.05) is 0 Å². The normalized spacial score (nSPS) is 11.9. The van der Waals surface area contributed by atoms with Gasteiger partial charge < -0.3 is 9.84 Å². The van der Waals surface area contributed by atoms with Crippen LogP contribution in [-0.4, -0.2) is 22.1 Å². The third-order valence-corrected chi connectivity index (χ3v) is 2.29. The zero-order valence-electron chi connectivity index (χ0n) is 9.54. The van der Waals surface area contributed by atoms with E-state index in [4.69, 9.17) is 9.84 Å². The third kappa shape index (κ3) is 3.17. The first-order valence-electron chi connectivity index (χ1n) is 5.10. The Kier molecular flexibility index (Phi) is 4.03.